The molecule has 0 saturated carbocycles. The van der Waals surface area contributed by atoms with E-state index in [0.29, 0.717) is 13.0 Å². The summed E-state index contributed by atoms with van der Waals surface area (Å²) in [5.74, 6) is 0.249. The van der Waals surface area contributed by atoms with E-state index < -0.39 is 0 Å². The summed E-state index contributed by atoms with van der Waals surface area (Å²) in [4.78, 5) is 11.2. The van der Waals surface area contributed by atoms with E-state index in [-0.39, 0.29) is 11.8 Å². The number of anilines is 1. The zero-order valence-electron chi connectivity index (χ0n) is 7.29. The summed E-state index contributed by atoms with van der Waals surface area (Å²) in [5.41, 5.74) is 7.67. The van der Waals surface area contributed by atoms with Crippen LogP contribution in [0.25, 0.3) is 0 Å². The van der Waals surface area contributed by atoms with Crippen LogP contribution in [0.5, 0.6) is 0 Å². The van der Waals surface area contributed by atoms with Gasteiger partial charge in [-0.2, -0.15) is 0 Å². The van der Waals surface area contributed by atoms with Crippen molar-refractivity contribution in [3.8, 4) is 0 Å². The summed E-state index contributed by atoms with van der Waals surface area (Å²) >= 11 is 0. The number of fused-ring (bicyclic) bond motifs is 1. The molecular weight excluding hydrogens is 164 g/mol. The molecule has 0 aromatic heterocycles. The maximum absolute atomic E-state index is 11.2. The van der Waals surface area contributed by atoms with Gasteiger partial charge in [-0.15, -0.1) is 0 Å². The van der Waals surface area contributed by atoms with Crippen molar-refractivity contribution >= 4 is 11.6 Å². The van der Waals surface area contributed by atoms with Crippen LogP contribution in [0.2, 0.25) is 0 Å². The van der Waals surface area contributed by atoms with E-state index in [1.54, 1.807) is 0 Å². The number of benzene rings is 1. The second-order valence-corrected chi connectivity index (χ2v) is 3.27. The number of rotatable bonds is 1. The number of hydrogen-bond donors (Lipinski definition) is 2. The number of nitrogens with two attached hydrogens (primary N) is 1. The van der Waals surface area contributed by atoms with Crippen LogP contribution in [0.3, 0.4) is 0 Å². The molecule has 1 aliphatic heterocycles. The van der Waals surface area contributed by atoms with Crippen molar-refractivity contribution in [3.63, 3.8) is 0 Å². The maximum atomic E-state index is 11.2. The van der Waals surface area contributed by atoms with Crippen molar-refractivity contribution in [1.29, 1.82) is 0 Å². The van der Waals surface area contributed by atoms with E-state index in [9.17, 15) is 4.79 Å². The summed E-state index contributed by atoms with van der Waals surface area (Å²) in [6, 6.07) is 7.82. The molecule has 1 atom stereocenters. The fourth-order valence-electron chi connectivity index (χ4n) is 1.71. The monoisotopic (exact) mass is 176 g/mol. The molecule has 1 heterocycles. The molecule has 1 amide bonds. The third kappa shape index (κ3) is 1.42. The smallest absolute Gasteiger partial charge is 0.225 e. The molecule has 0 radical (unpaired) electrons. The average Bonchev–Trinajstić information content (AvgIpc) is 2.16. The van der Waals surface area contributed by atoms with Crippen LogP contribution in [-0.4, -0.2) is 12.5 Å². The first-order chi connectivity index (χ1) is 6.31. The lowest BCUT2D eigenvalue weighted by molar-refractivity contribution is -0.116. The number of para-hydroxylation sites is 1. The fraction of sp³-hybridized carbons (Fsp3) is 0.300. The molecule has 1 aromatic rings. The Morgan fingerprint density at radius 2 is 2.23 bits per heavy atom. The molecule has 0 bridgehead atoms. The Balaban J connectivity index is 2.42. The first-order valence-electron chi connectivity index (χ1n) is 4.40. The van der Waals surface area contributed by atoms with E-state index in [1.165, 1.54) is 0 Å². The Bertz CT molecular complexity index is 335. The van der Waals surface area contributed by atoms with Gasteiger partial charge in [0, 0.05) is 18.0 Å². The van der Waals surface area contributed by atoms with Gasteiger partial charge in [-0.1, -0.05) is 18.2 Å². The Morgan fingerprint density at radius 3 is 3.00 bits per heavy atom. The normalized spacial score (nSPS) is 20.7. The molecule has 0 spiro atoms. The quantitative estimate of drug-likeness (QED) is 0.672. The van der Waals surface area contributed by atoms with Crippen LogP contribution >= 0.6 is 0 Å². The van der Waals surface area contributed by atoms with Crippen LogP contribution in [0.1, 0.15) is 17.9 Å². The van der Waals surface area contributed by atoms with E-state index in [0.717, 1.165) is 11.3 Å². The highest BCUT2D eigenvalue weighted by Gasteiger charge is 2.22. The molecule has 68 valence electrons. The Kier molecular flexibility index (Phi) is 2.02. The van der Waals surface area contributed by atoms with Crippen LogP contribution < -0.4 is 11.1 Å². The van der Waals surface area contributed by atoms with Gasteiger partial charge in [0.25, 0.3) is 0 Å². The van der Waals surface area contributed by atoms with Crippen molar-refractivity contribution < 1.29 is 4.79 Å². The lowest BCUT2D eigenvalue weighted by Crippen LogP contribution is -2.26. The zero-order chi connectivity index (χ0) is 9.26. The SMILES string of the molecule is NC[C@H]1CC(=O)Nc2ccccc21. The molecule has 1 aromatic carbocycles. The van der Waals surface area contributed by atoms with Crippen molar-refractivity contribution in [3.05, 3.63) is 29.8 Å². The largest absolute Gasteiger partial charge is 0.330 e. The van der Waals surface area contributed by atoms with Crippen molar-refractivity contribution in [2.24, 2.45) is 5.73 Å². The predicted molar refractivity (Wildman–Crippen MR) is 51.5 cm³/mol. The third-order valence-corrected chi connectivity index (χ3v) is 2.39. The van der Waals surface area contributed by atoms with E-state index in [2.05, 4.69) is 5.32 Å². The van der Waals surface area contributed by atoms with Gasteiger partial charge >= 0.3 is 0 Å². The standard InChI is InChI=1S/C10H12N2O/c11-6-7-5-10(13)12-9-4-2-1-3-8(7)9/h1-4,7H,5-6,11H2,(H,12,13)/t7-/m1/s1. The van der Waals surface area contributed by atoms with Crippen LogP contribution in [-0.2, 0) is 4.79 Å². The van der Waals surface area contributed by atoms with Gasteiger partial charge in [0.05, 0.1) is 0 Å². The molecule has 2 rings (SSSR count). The number of nitrogens with one attached hydrogen (secondary N) is 1. The highest BCUT2D eigenvalue weighted by molar-refractivity contribution is 5.94. The second-order valence-electron chi connectivity index (χ2n) is 3.27. The molecule has 3 heteroatoms. The lowest BCUT2D eigenvalue weighted by atomic mass is 9.91. The Hall–Kier alpha value is -1.35. The third-order valence-electron chi connectivity index (χ3n) is 2.39. The fourth-order valence-corrected chi connectivity index (χ4v) is 1.71. The highest BCUT2D eigenvalue weighted by atomic mass is 16.1. The minimum absolute atomic E-state index is 0.0640. The molecule has 13 heavy (non-hydrogen) atoms. The lowest BCUT2D eigenvalue weighted by Gasteiger charge is -2.23. The Morgan fingerprint density at radius 1 is 1.46 bits per heavy atom. The summed E-state index contributed by atoms with van der Waals surface area (Å²) in [7, 11) is 0. The Labute approximate surface area is 76.9 Å². The van der Waals surface area contributed by atoms with Crippen LogP contribution in [0, 0.1) is 0 Å². The zero-order valence-corrected chi connectivity index (χ0v) is 7.29. The van der Waals surface area contributed by atoms with Gasteiger partial charge in [-0.25, -0.2) is 0 Å². The van der Waals surface area contributed by atoms with E-state index >= 15 is 0 Å². The van der Waals surface area contributed by atoms with Crippen molar-refractivity contribution in [1.82, 2.24) is 0 Å². The summed E-state index contributed by atoms with van der Waals surface area (Å²) in [6.45, 7) is 0.532. The van der Waals surface area contributed by atoms with Crippen molar-refractivity contribution in [2.75, 3.05) is 11.9 Å². The topological polar surface area (TPSA) is 55.1 Å². The molecular formula is C10H12N2O. The van der Waals surface area contributed by atoms with Gasteiger partial charge < -0.3 is 11.1 Å². The number of hydrogen-bond acceptors (Lipinski definition) is 2. The van der Waals surface area contributed by atoms with Gasteiger partial charge in [0.1, 0.15) is 0 Å². The first-order valence-corrected chi connectivity index (χ1v) is 4.40. The second kappa shape index (κ2) is 3.18. The van der Waals surface area contributed by atoms with E-state index in [4.69, 9.17) is 5.73 Å². The summed E-state index contributed by atoms with van der Waals surface area (Å²) < 4.78 is 0. The minimum atomic E-state index is 0.0640. The van der Waals surface area contributed by atoms with Crippen molar-refractivity contribution in [2.45, 2.75) is 12.3 Å². The molecule has 1 aliphatic rings. The van der Waals surface area contributed by atoms with Gasteiger partial charge in [-0.05, 0) is 18.2 Å². The molecule has 0 fully saturated rings. The number of carbonyl (C=O) groups excluding carboxylic acids is 1. The van der Waals surface area contributed by atoms with Gasteiger partial charge in [0.15, 0.2) is 0 Å². The molecule has 3 nitrogen and oxygen atoms in total. The highest BCUT2D eigenvalue weighted by Crippen LogP contribution is 2.30. The predicted octanol–water partition coefficient (Wildman–Crippen LogP) is 1.07. The first kappa shape index (κ1) is 8.26. The molecule has 0 saturated heterocycles. The summed E-state index contributed by atoms with van der Waals surface area (Å²) in [6.07, 6.45) is 0.507. The van der Waals surface area contributed by atoms with Gasteiger partial charge in [0.2, 0.25) is 5.91 Å². The number of amides is 1. The maximum Gasteiger partial charge on any atom is 0.225 e. The van der Waals surface area contributed by atoms with Crippen LogP contribution in [0.15, 0.2) is 24.3 Å². The number of carbonyl (C=O) groups is 1. The molecule has 0 aliphatic carbocycles. The van der Waals surface area contributed by atoms with Gasteiger partial charge in [-0.3, -0.25) is 4.79 Å². The minimum Gasteiger partial charge on any atom is -0.330 e. The molecule has 3 N–H and O–H groups in total. The average molecular weight is 176 g/mol. The summed E-state index contributed by atoms with van der Waals surface area (Å²) in [5, 5.41) is 2.83. The molecule has 0 unspecified atom stereocenters. The van der Waals surface area contributed by atoms with Crippen LogP contribution in [0.4, 0.5) is 5.69 Å². The van der Waals surface area contributed by atoms with E-state index in [1.807, 2.05) is 24.3 Å².